The van der Waals surface area contributed by atoms with Crippen LogP contribution >= 0.6 is 0 Å². The first-order chi connectivity index (χ1) is 9.61. The van der Waals surface area contributed by atoms with E-state index in [1.165, 1.54) is 32.0 Å². The molecular weight excluding hydrogens is 260 g/mol. The summed E-state index contributed by atoms with van der Waals surface area (Å²) in [5.41, 5.74) is 4.67. The summed E-state index contributed by atoms with van der Waals surface area (Å²) in [6.07, 6.45) is 14.3. The minimum absolute atomic E-state index is 0.523. The van der Waals surface area contributed by atoms with Gasteiger partial charge in [-0.15, -0.1) is 0 Å². The predicted octanol–water partition coefficient (Wildman–Crippen LogP) is 3.44. The van der Waals surface area contributed by atoms with Crippen molar-refractivity contribution in [2.45, 2.75) is 32.0 Å². The van der Waals surface area contributed by atoms with Gasteiger partial charge in [0.15, 0.2) is 0 Å². The first-order valence-corrected chi connectivity index (χ1v) is 11.0. The number of allylic oxidation sites excluding steroid dienone is 6. The van der Waals surface area contributed by atoms with E-state index in [0.29, 0.717) is 5.92 Å². The average molecular weight is 286 g/mol. The molecule has 0 radical (unpaired) electrons. The molecule has 0 aromatic carbocycles. The number of nitrogens with one attached hydrogen (secondary N) is 1. The van der Waals surface area contributed by atoms with E-state index in [0.717, 1.165) is 0 Å². The Balaban J connectivity index is 1.89. The molecule has 0 aromatic rings. The third-order valence-corrected chi connectivity index (χ3v) is 7.44. The predicted molar refractivity (Wildman–Crippen MR) is 89.0 cm³/mol. The van der Waals surface area contributed by atoms with Crippen LogP contribution in [0.1, 0.15) is 12.8 Å². The van der Waals surface area contributed by atoms with Gasteiger partial charge in [0.05, 0.1) is 0 Å². The lowest BCUT2D eigenvalue weighted by Crippen LogP contribution is -2.41. The SMILES string of the molecule is CN[Si](C)(C)CC1=C2C=CC=CC2C(N2CCCC2)=C1. The Kier molecular flexibility index (Phi) is 3.74. The lowest BCUT2D eigenvalue weighted by atomic mass is 9.94. The van der Waals surface area contributed by atoms with E-state index in [-0.39, 0.29) is 0 Å². The van der Waals surface area contributed by atoms with Crippen LogP contribution in [0, 0.1) is 5.92 Å². The Hall–Kier alpha value is -1.06. The maximum atomic E-state index is 3.57. The number of nitrogens with zero attached hydrogens (tertiary/aromatic N) is 1. The summed E-state index contributed by atoms with van der Waals surface area (Å²) < 4.78 is 0. The second-order valence-electron chi connectivity index (χ2n) is 6.78. The smallest absolute Gasteiger partial charge is 0.123 e. The molecule has 0 aromatic heterocycles. The Morgan fingerprint density at radius 1 is 1.25 bits per heavy atom. The molecule has 0 amide bonds. The largest absolute Gasteiger partial charge is 0.374 e. The van der Waals surface area contributed by atoms with Crippen LogP contribution in [0.5, 0.6) is 0 Å². The molecule has 1 heterocycles. The molecular formula is C17H26N2Si. The highest BCUT2D eigenvalue weighted by molar-refractivity contribution is 6.75. The monoisotopic (exact) mass is 286 g/mol. The maximum absolute atomic E-state index is 3.57. The topological polar surface area (TPSA) is 15.3 Å². The fraction of sp³-hybridized carbons (Fsp3) is 0.529. The van der Waals surface area contributed by atoms with Gasteiger partial charge in [0.25, 0.3) is 0 Å². The van der Waals surface area contributed by atoms with Crippen molar-refractivity contribution < 1.29 is 0 Å². The van der Waals surface area contributed by atoms with Gasteiger partial charge < -0.3 is 9.88 Å². The minimum atomic E-state index is -1.32. The summed E-state index contributed by atoms with van der Waals surface area (Å²) in [6.45, 7) is 7.32. The van der Waals surface area contributed by atoms with Gasteiger partial charge in [-0.05, 0) is 43.2 Å². The summed E-state index contributed by atoms with van der Waals surface area (Å²) in [5.74, 6) is 0.523. The molecule has 1 fully saturated rings. The molecule has 1 atom stereocenters. The maximum Gasteiger partial charge on any atom is 0.123 e. The van der Waals surface area contributed by atoms with Crippen LogP contribution in [-0.4, -0.2) is 33.3 Å². The Morgan fingerprint density at radius 2 is 2.00 bits per heavy atom. The van der Waals surface area contributed by atoms with Crippen LogP contribution in [0.3, 0.4) is 0 Å². The average Bonchev–Trinajstić information content (AvgIpc) is 3.07. The lowest BCUT2D eigenvalue weighted by Gasteiger charge is -2.25. The molecule has 1 aliphatic heterocycles. The van der Waals surface area contributed by atoms with E-state index in [2.05, 4.69) is 60.4 Å². The second kappa shape index (κ2) is 5.38. The first-order valence-electron chi connectivity index (χ1n) is 7.84. The zero-order valence-corrected chi connectivity index (χ0v) is 13.9. The summed E-state index contributed by atoms with van der Waals surface area (Å²) in [6, 6.07) is 1.23. The Bertz CT molecular complexity index is 505. The van der Waals surface area contributed by atoms with Crippen LogP contribution in [0.2, 0.25) is 19.1 Å². The molecule has 0 spiro atoms. The molecule has 3 aliphatic rings. The van der Waals surface area contributed by atoms with E-state index in [9.17, 15) is 0 Å². The number of rotatable bonds is 4. The molecule has 20 heavy (non-hydrogen) atoms. The van der Waals surface area contributed by atoms with Crippen molar-refractivity contribution in [3.63, 3.8) is 0 Å². The highest BCUT2D eigenvalue weighted by Crippen LogP contribution is 2.41. The van der Waals surface area contributed by atoms with Crippen LogP contribution in [0.4, 0.5) is 0 Å². The fourth-order valence-corrected chi connectivity index (χ4v) is 4.87. The summed E-state index contributed by atoms with van der Waals surface area (Å²) in [5, 5.41) is 0. The number of fused-ring (bicyclic) bond motifs is 1. The van der Waals surface area contributed by atoms with E-state index < -0.39 is 8.24 Å². The van der Waals surface area contributed by atoms with Crippen LogP contribution in [0.25, 0.3) is 0 Å². The van der Waals surface area contributed by atoms with Gasteiger partial charge in [-0.25, -0.2) is 0 Å². The highest BCUT2D eigenvalue weighted by atomic mass is 28.3. The second-order valence-corrected chi connectivity index (χ2v) is 11.4. The van der Waals surface area contributed by atoms with E-state index in [1.807, 2.05) is 0 Å². The normalized spacial score (nSPS) is 25.4. The number of likely N-dealkylation sites (tertiary alicyclic amines) is 1. The van der Waals surface area contributed by atoms with E-state index in [1.54, 1.807) is 16.8 Å². The molecule has 1 saturated heterocycles. The van der Waals surface area contributed by atoms with Crippen molar-refractivity contribution >= 4 is 8.24 Å². The highest BCUT2D eigenvalue weighted by Gasteiger charge is 2.32. The summed E-state index contributed by atoms with van der Waals surface area (Å²) in [4.78, 5) is 6.17. The molecule has 2 nitrogen and oxygen atoms in total. The molecule has 108 valence electrons. The van der Waals surface area contributed by atoms with Crippen molar-refractivity contribution in [3.8, 4) is 0 Å². The lowest BCUT2D eigenvalue weighted by molar-refractivity contribution is 0.401. The standard InChI is InChI=1S/C17H26N2Si/c1-18-20(2,3)13-14-12-17(19-10-6-7-11-19)16-9-5-4-8-15(14)16/h4-5,8-9,12,16,18H,6-7,10-11,13H2,1-3H3. The van der Waals surface area contributed by atoms with Crippen LogP contribution in [0.15, 0.2) is 47.2 Å². The van der Waals surface area contributed by atoms with Gasteiger partial charge in [-0.1, -0.05) is 37.4 Å². The quantitative estimate of drug-likeness (QED) is 0.796. The zero-order chi connectivity index (χ0) is 14.2. The number of hydrogen-bond donors (Lipinski definition) is 1. The third-order valence-electron chi connectivity index (χ3n) is 4.82. The Morgan fingerprint density at radius 3 is 2.70 bits per heavy atom. The van der Waals surface area contributed by atoms with E-state index in [4.69, 9.17) is 0 Å². The van der Waals surface area contributed by atoms with Crippen molar-refractivity contribution in [1.29, 1.82) is 0 Å². The molecule has 3 heteroatoms. The van der Waals surface area contributed by atoms with Gasteiger partial charge in [0.2, 0.25) is 0 Å². The fourth-order valence-electron chi connectivity index (χ4n) is 3.44. The molecule has 2 aliphatic carbocycles. The van der Waals surface area contributed by atoms with Gasteiger partial charge in [0, 0.05) is 24.7 Å². The van der Waals surface area contributed by atoms with Crippen molar-refractivity contribution in [3.05, 3.63) is 47.2 Å². The minimum Gasteiger partial charge on any atom is -0.374 e. The molecule has 3 rings (SSSR count). The number of hydrogen-bond acceptors (Lipinski definition) is 2. The zero-order valence-electron chi connectivity index (χ0n) is 12.9. The molecule has 0 saturated carbocycles. The third kappa shape index (κ3) is 2.57. The van der Waals surface area contributed by atoms with Crippen molar-refractivity contribution in [2.75, 3.05) is 20.1 Å². The van der Waals surface area contributed by atoms with Crippen LogP contribution in [-0.2, 0) is 0 Å². The van der Waals surface area contributed by atoms with Gasteiger partial charge in [-0.2, -0.15) is 0 Å². The van der Waals surface area contributed by atoms with Gasteiger partial charge in [0.1, 0.15) is 8.24 Å². The van der Waals surface area contributed by atoms with Crippen molar-refractivity contribution in [1.82, 2.24) is 9.88 Å². The first kappa shape index (κ1) is 13.9. The van der Waals surface area contributed by atoms with Crippen LogP contribution < -0.4 is 4.98 Å². The van der Waals surface area contributed by atoms with Gasteiger partial charge in [-0.3, -0.25) is 0 Å². The van der Waals surface area contributed by atoms with Gasteiger partial charge >= 0.3 is 0 Å². The summed E-state index contributed by atoms with van der Waals surface area (Å²) in [7, 11) is 0.800. The van der Waals surface area contributed by atoms with Crippen molar-refractivity contribution in [2.24, 2.45) is 5.92 Å². The molecule has 1 unspecified atom stereocenters. The summed E-state index contributed by atoms with van der Waals surface area (Å²) >= 11 is 0. The molecule has 1 N–H and O–H groups in total. The molecule has 0 bridgehead atoms. The van der Waals surface area contributed by atoms with E-state index >= 15 is 0 Å². The Labute approximate surface area is 124 Å².